The lowest BCUT2D eigenvalue weighted by molar-refractivity contribution is -0.0894. The monoisotopic (exact) mass is 227 g/mol. The van der Waals surface area contributed by atoms with Gasteiger partial charge >= 0.3 is 0 Å². The minimum absolute atomic E-state index is 0.252. The van der Waals surface area contributed by atoms with Crippen LogP contribution in [0.2, 0.25) is 0 Å². The molecule has 86 valence electrons. The second-order valence-corrected chi connectivity index (χ2v) is 6.90. The molecule has 1 heterocycles. The second-order valence-electron chi connectivity index (χ2n) is 5.80. The highest BCUT2D eigenvalue weighted by Crippen LogP contribution is 2.53. The van der Waals surface area contributed by atoms with Crippen LogP contribution < -0.4 is 5.73 Å². The Morgan fingerprint density at radius 3 is 2.40 bits per heavy atom. The quantitative estimate of drug-likeness (QED) is 0.717. The molecule has 1 saturated heterocycles. The van der Waals surface area contributed by atoms with Crippen molar-refractivity contribution in [3.05, 3.63) is 0 Å². The lowest BCUT2D eigenvalue weighted by Gasteiger charge is -2.56. The van der Waals surface area contributed by atoms with E-state index < -0.39 is 5.60 Å². The van der Waals surface area contributed by atoms with E-state index in [1.165, 1.54) is 25.7 Å². The zero-order valence-electron chi connectivity index (χ0n) is 9.24. The van der Waals surface area contributed by atoms with Crippen LogP contribution in [0.4, 0.5) is 0 Å². The lowest BCUT2D eigenvalue weighted by atomic mass is 9.55. The molecule has 1 aliphatic heterocycles. The molecule has 4 fully saturated rings. The molecule has 2 nitrogen and oxygen atoms in total. The van der Waals surface area contributed by atoms with E-state index in [0.717, 1.165) is 30.3 Å². The fourth-order valence-corrected chi connectivity index (χ4v) is 5.39. The van der Waals surface area contributed by atoms with Gasteiger partial charge in [-0.15, -0.1) is 0 Å². The molecule has 3 saturated carbocycles. The second kappa shape index (κ2) is 3.38. The van der Waals surface area contributed by atoms with Gasteiger partial charge in [-0.05, 0) is 43.3 Å². The molecule has 4 rings (SSSR count). The average molecular weight is 227 g/mol. The summed E-state index contributed by atoms with van der Waals surface area (Å²) in [5, 5.41) is 10.8. The number of nitrogens with two attached hydrogens (primary N) is 1. The van der Waals surface area contributed by atoms with E-state index in [9.17, 15) is 5.11 Å². The third kappa shape index (κ3) is 1.39. The van der Waals surface area contributed by atoms with Crippen LogP contribution in [0, 0.1) is 11.8 Å². The number of aliphatic hydroxyl groups is 1. The molecule has 0 aromatic carbocycles. The van der Waals surface area contributed by atoms with Gasteiger partial charge in [0.05, 0.1) is 5.60 Å². The van der Waals surface area contributed by atoms with Gasteiger partial charge < -0.3 is 10.8 Å². The van der Waals surface area contributed by atoms with Crippen molar-refractivity contribution in [1.82, 2.24) is 0 Å². The molecule has 0 radical (unpaired) electrons. The summed E-state index contributed by atoms with van der Waals surface area (Å²) in [6.45, 7) is 0. The van der Waals surface area contributed by atoms with Crippen molar-refractivity contribution in [2.24, 2.45) is 17.6 Å². The van der Waals surface area contributed by atoms with Gasteiger partial charge in [0.2, 0.25) is 0 Å². The number of rotatable bonds is 1. The Hall–Kier alpha value is 0.270. The van der Waals surface area contributed by atoms with Crippen LogP contribution >= 0.6 is 11.8 Å². The van der Waals surface area contributed by atoms with Crippen LogP contribution in [0.25, 0.3) is 0 Å². The van der Waals surface area contributed by atoms with E-state index in [4.69, 9.17) is 5.73 Å². The summed E-state index contributed by atoms with van der Waals surface area (Å²) in [5.74, 6) is 3.35. The van der Waals surface area contributed by atoms with Gasteiger partial charge in [0.1, 0.15) is 0 Å². The van der Waals surface area contributed by atoms with E-state index in [1.807, 2.05) is 11.8 Å². The fraction of sp³-hybridized carbons (Fsp3) is 1.00. The summed E-state index contributed by atoms with van der Waals surface area (Å²) in [5.41, 5.74) is 5.81. The minimum atomic E-state index is -0.554. The highest BCUT2D eigenvalue weighted by atomic mass is 32.2. The van der Waals surface area contributed by atoms with Crippen molar-refractivity contribution in [2.75, 3.05) is 11.5 Å². The van der Waals surface area contributed by atoms with E-state index in [0.29, 0.717) is 5.92 Å². The highest BCUT2D eigenvalue weighted by Gasteiger charge is 2.57. The predicted molar refractivity (Wildman–Crippen MR) is 63.9 cm³/mol. The molecular weight excluding hydrogens is 206 g/mol. The van der Waals surface area contributed by atoms with Crippen molar-refractivity contribution < 1.29 is 5.11 Å². The summed E-state index contributed by atoms with van der Waals surface area (Å²) in [6, 6.07) is 0. The van der Waals surface area contributed by atoms with Crippen molar-refractivity contribution in [2.45, 2.75) is 49.7 Å². The molecule has 3 aliphatic carbocycles. The number of hydrogen-bond donors (Lipinski definition) is 2. The molecule has 4 aliphatic rings. The Kier molecular flexibility index (Phi) is 2.35. The van der Waals surface area contributed by atoms with Crippen molar-refractivity contribution >= 4 is 11.8 Å². The zero-order chi connectivity index (χ0) is 10.5. The molecule has 3 heteroatoms. The Morgan fingerprint density at radius 1 is 1.20 bits per heavy atom. The summed E-state index contributed by atoms with van der Waals surface area (Å²) >= 11 is 1.87. The van der Waals surface area contributed by atoms with Crippen LogP contribution in [0.1, 0.15) is 38.5 Å². The average Bonchev–Trinajstić information content (AvgIpc) is 2.68. The number of hydrogen-bond acceptors (Lipinski definition) is 3. The molecule has 15 heavy (non-hydrogen) atoms. The predicted octanol–water partition coefficient (Wildman–Crippen LogP) is 1.76. The first kappa shape index (κ1) is 10.4. The smallest absolute Gasteiger partial charge is 0.0926 e. The lowest BCUT2D eigenvalue weighted by Crippen LogP contribution is -2.68. The van der Waals surface area contributed by atoms with Crippen LogP contribution in [-0.4, -0.2) is 27.8 Å². The van der Waals surface area contributed by atoms with Crippen molar-refractivity contribution in [3.63, 3.8) is 0 Å². The van der Waals surface area contributed by atoms with Crippen LogP contribution in [0.15, 0.2) is 0 Å². The summed E-state index contributed by atoms with van der Waals surface area (Å²) in [7, 11) is 0. The third-order valence-electron chi connectivity index (χ3n) is 5.07. The van der Waals surface area contributed by atoms with Crippen molar-refractivity contribution in [3.8, 4) is 0 Å². The van der Waals surface area contributed by atoms with Gasteiger partial charge in [0.15, 0.2) is 0 Å². The first-order valence-electron chi connectivity index (χ1n) is 6.23. The van der Waals surface area contributed by atoms with E-state index in [2.05, 4.69) is 0 Å². The molecule has 0 amide bonds. The van der Waals surface area contributed by atoms with Gasteiger partial charge in [-0.1, -0.05) is 12.8 Å². The van der Waals surface area contributed by atoms with Gasteiger partial charge in [-0.2, -0.15) is 11.8 Å². The third-order valence-corrected chi connectivity index (χ3v) is 6.24. The van der Waals surface area contributed by atoms with Crippen LogP contribution in [0.5, 0.6) is 0 Å². The maximum Gasteiger partial charge on any atom is 0.0926 e. The van der Waals surface area contributed by atoms with Crippen LogP contribution in [-0.2, 0) is 0 Å². The molecule has 0 aromatic rings. The molecule has 2 bridgehead atoms. The first-order valence-corrected chi connectivity index (χ1v) is 7.38. The Balaban J connectivity index is 1.89. The fourth-order valence-electron chi connectivity index (χ4n) is 4.02. The normalized spacial score (nSPS) is 54.8. The topological polar surface area (TPSA) is 46.2 Å². The van der Waals surface area contributed by atoms with E-state index >= 15 is 0 Å². The number of fused-ring (bicyclic) bond motifs is 3. The van der Waals surface area contributed by atoms with Crippen molar-refractivity contribution in [1.29, 1.82) is 0 Å². The highest BCUT2D eigenvalue weighted by molar-refractivity contribution is 7.99. The largest absolute Gasteiger partial charge is 0.387 e. The molecule has 3 N–H and O–H groups in total. The first-order chi connectivity index (χ1) is 7.14. The number of thioether (sulfide) groups is 1. The molecule has 0 spiro atoms. The Bertz CT molecular complexity index is 256. The maximum absolute atomic E-state index is 10.8. The summed E-state index contributed by atoms with van der Waals surface area (Å²) in [6.07, 6.45) is 7.22. The molecular formula is C12H21NOS. The molecule has 2 atom stereocenters. The van der Waals surface area contributed by atoms with Gasteiger partial charge in [0.25, 0.3) is 0 Å². The van der Waals surface area contributed by atoms with Gasteiger partial charge in [-0.25, -0.2) is 0 Å². The Labute approximate surface area is 96.0 Å². The van der Waals surface area contributed by atoms with E-state index in [1.54, 1.807) is 0 Å². The minimum Gasteiger partial charge on any atom is -0.387 e. The SMILES string of the molecule is NC1(C2(O)CCSC2)CC2CCC1CC2. The summed E-state index contributed by atoms with van der Waals surface area (Å²) in [4.78, 5) is 0. The Morgan fingerprint density at radius 2 is 1.93 bits per heavy atom. The summed E-state index contributed by atoms with van der Waals surface area (Å²) < 4.78 is 0. The van der Waals surface area contributed by atoms with Crippen LogP contribution in [0.3, 0.4) is 0 Å². The van der Waals surface area contributed by atoms with E-state index in [-0.39, 0.29) is 5.54 Å². The van der Waals surface area contributed by atoms with Gasteiger partial charge in [0, 0.05) is 11.3 Å². The standard InChI is InChI=1S/C12H21NOS/c13-12(11(14)5-6-15-8-11)7-9-1-3-10(12)4-2-9/h9-10,14H,1-8,13H2. The zero-order valence-corrected chi connectivity index (χ0v) is 10.1. The molecule has 2 unspecified atom stereocenters. The van der Waals surface area contributed by atoms with Gasteiger partial charge in [-0.3, -0.25) is 0 Å². The molecule has 0 aromatic heterocycles. The maximum atomic E-state index is 10.8.